The number of fused-ring (bicyclic) bond motifs is 1. The highest BCUT2D eigenvalue weighted by molar-refractivity contribution is 5.90. The van der Waals surface area contributed by atoms with Gasteiger partial charge >= 0.3 is 0 Å². The molecule has 0 amide bonds. The molecule has 5 aromatic rings. The van der Waals surface area contributed by atoms with Crippen LogP contribution in [0.5, 0.6) is 11.5 Å². The Morgan fingerprint density at radius 1 is 0.581 bits per heavy atom. The number of ether oxygens (including phenoxy) is 2. The van der Waals surface area contributed by atoms with E-state index in [2.05, 4.69) is 60.7 Å². The Bertz CT molecular complexity index is 1350. The SMILES string of the molecule is COc1ccc(-c2oc(-c3ccc4ccccc4c3)cc2-c2ccccc2)c(OC)c1. The van der Waals surface area contributed by atoms with E-state index in [4.69, 9.17) is 13.9 Å². The Labute approximate surface area is 181 Å². The highest BCUT2D eigenvalue weighted by atomic mass is 16.5. The number of hydrogen-bond acceptors (Lipinski definition) is 3. The fourth-order valence-electron chi connectivity index (χ4n) is 3.89. The second-order valence-corrected chi connectivity index (χ2v) is 7.35. The first kappa shape index (κ1) is 19.0. The Balaban J connectivity index is 1.71. The highest BCUT2D eigenvalue weighted by Gasteiger charge is 2.20. The van der Waals surface area contributed by atoms with Gasteiger partial charge in [0.05, 0.1) is 19.8 Å². The Hall–Kier alpha value is -3.98. The molecule has 0 aliphatic heterocycles. The zero-order valence-electron chi connectivity index (χ0n) is 17.5. The summed E-state index contributed by atoms with van der Waals surface area (Å²) in [5.74, 6) is 3.03. The van der Waals surface area contributed by atoms with E-state index in [1.807, 2.05) is 36.4 Å². The molecule has 4 aromatic carbocycles. The lowest BCUT2D eigenvalue weighted by atomic mass is 10.00. The minimum atomic E-state index is 0.705. The van der Waals surface area contributed by atoms with E-state index < -0.39 is 0 Å². The third-order valence-electron chi connectivity index (χ3n) is 5.50. The summed E-state index contributed by atoms with van der Waals surface area (Å²) in [6, 6.07) is 32.9. The largest absolute Gasteiger partial charge is 0.497 e. The first-order valence-corrected chi connectivity index (χ1v) is 10.2. The topological polar surface area (TPSA) is 31.6 Å². The molecule has 0 saturated heterocycles. The Morgan fingerprint density at radius 3 is 2.13 bits per heavy atom. The van der Waals surface area contributed by atoms with Crippen molar-refractivity contribution in [2.24, 2.45) is 0 Å². The van der Waals surface area contributed by atoms with E-state index in [0.717, 1.165) is 39.5 Å². The molecule has 0 unspecified atom stereocenters. The molecule has 152 valence electrons. The van der Waals surface area contributed by atoms with Crippen LogP contribution in [0.15, 0.2) is 101 Å². The molecular weight excluding hydrogens is 384 g/mol. The van der Waals surface area contributed by atoms with E-state index in [0.29, 0.717) is 5.75 Å². The van der Waals surface area contributed by atoms with Gasteiger partial charge in [-0.15, -0.1) is 0 Å². The molecule has 1 heterocycles. The van der Waals surface area contributed by atoms with Crippen molar-refractivity contribution in [1.29, 1.82) is 0 Å². The van der Waals surface area contributed by atoms with Gasteiger partial charge in [-0.2, -0.15) is 0 Å². The van der Waals surface area contributed by atoms with Crippen molar-refractivity contribution in [3.8, 4) is 45.3 Å². The minimum Gasteiger partial charge on any atom is -0.497 e. The van der Waals surface area contributed by atoms with Gasteiger partial charge in [0, 0.05) is 17.2 Å². The van der Waals surface area contributed by atoms with E-state index in [1.165, 1.54) is 10.8 Å². The molecule has 0 saturated carbocycles. The molecule has 0 radical (unpaired) electrons. The van der Waals surface area contributed by atoms with Crippen LogP contribution in [0.4, 0.5) is 0 Å². The van der Waals surface area contributed by atoms with Gasteiger partial charge in [0.25, 0.3) is 0 Å². The molecule has 0 aliphatic carbocycles. The lowest BCUT2D eigenvalue weighted by Crippen LogP contribution is -1.90. The monoisotopic (exact) mass is 406 g/mol. The molecule has 0 N–H and O–H groups in total. The van der Waals surface area contributed by atoms with Crippen LogP contribution in [0.3, 0.4) is 0 Å². The first-order chi connectivity index (χ1) is 15.3. The van der Waals surface area contributed by atoms with Crippen molar-refractivity contribution in [1.82, 2.24) is 0 Å². The zero-order valence-corrected chi connectivity index (χ0v) is 17.5. The summed E-state index contributed by atoms with van der Waals surface area (Å²) in [4.78, 5) is 0. The lowest BCUT2D eigenvalue weighted by molar-refractivity contribution is 0.394. The molecule has 0 aliphatic rings. The predicted molar refractivity (Wildman–Crippen MR) is 126 cm³/mol. The van der Waals surface area contributed by atoms with Crippen LogP contribution in [0, 0.1) is 0 Å². The van der Waals surface area contributed by atoms with Gasteiger partial charge in [0.2, 0.25) is 0 Å². The lowest BCUT2D eigenvalue weighted by Gasteiger charge is -2.10. The average molecular weight is 406 g/mol. The van der Waals surface area contributed by atoms with Gasteiger partial charge in [-0.25, -0.2) is 0 Å². The number of benzene rings is 4. The van der Waals surface area contributed by atoms with Crippen molar-refractivity contribution in [3.05, 3.63) is 97.1 Å². The molecule has 5 rings (SSSR count). The Morgan fingerprint density at radius 2 is 1.35 bits per heavy atom. The van der Waals surface area contributed by atoms with Gasteiger partial charge in [-0.3, -0.25) is 0 Å². The highest BCUT2D eigenvalue weighted by Crippen LogP contribution is 2.43. The van der Waals surface area contributed by atoms with E-state index in [1.54, 1.807) is 14.2 Å². The smallest absolute Gasteiger partial charge is 0.146 e. The minimum absolute atomic E-state index is 0.705. The summed E-state index contributed by atoms with van der Waals surface area (Å²) in [5.41, 5.74) is 4.03. The third kappa shape index (κ3) is 3.55. The first-order valence-electron chi connectivity index (χ1n) is 10.2. The maximum atomic E-state index is 6.49. The number of rotatable bonds is 5. The predicted octanol–water partition coefficient (Wildman–Crippen LogP) is 7.45. The standard InChI is InChI=1S/C28H22O3/c1-29-23-14-15-24(27(17-23)30-2)28-25(20-9-4-3-5-10-20)18-26(31-28)22-13-12-19-8-6-7-11-21(19)16-22/h3-18H,1-2H3. The molecule has 0 atom stereocenters. The summed E-state index contributed by atoms with van der Waals surface area (Å²) in [6.45, 7) is 0. The summed E-state index contributed by atoms with van der Waals surface area (Å²) in [6.07, 6.45) is 0. The summed E-state index contributed by atoms with van der Waals surface area (Å²) in [5, 5.41) is 2.39. The maximum absolute atomic E-state index is 6.49. The number of furan rings is 1. The molecule has 3 heteroatoms. The van der Waals surface area contributed by atoms with E-state index in [9.17, 15) is 0 Å². The van der Waals surface area contributed by atoms with Crippen LogP contribution in [0.1, 0.15) is 0 Å². The van der Waals surface area contributed by atoms with Crippen molar-refractivity contribution >= 4 is 10.8 Å². The summed E-state index contributed by atoms with van der Waals surface area (Å²) < 4.78 is 17.5. The van der Waals surface area contributed by atoms with Crippen molar-refractivity contribution < 1.29 is 13.9 Å². The van der Waals surface area contributed by atoms with Crippen LogP contribution < -0.4 is 9.47 Å². The van der Waals surface area contributed by atoms with Crippen LogP contribution >= 0.6 is 0 Å². The number of methoxy groups -OCH3 is 2. The Kier molecular flexibility index (Phi) is 4.93. The quantitative estimate of drug-likeness (QED) is 0.304. The summed E-state index contributed by atoms with van der Waals surface area (Å²) >= 11 is 0. The van der Waals surface area contributed by atoms with Crippen molar-refractivity contribution in [2.45, 2.75) is 0 Å². The van der Waals surface area contributed by atoms with Crippen LogP contribution in [-0.4, -0.2) is 14.2 Å². The van der Waals surface area contributed by atoms with E-state index >= 15 is 0 Å². The average Bonchev–Trinajstić information content (AvgIpc) is 3.29. The normalized spacial score (nSPS) is 10.9. The molecule has 1 aromatic heterocycles. The summed E-state index contributed by atoms with van der Waals surface area (Å²) in [7, 11) is 3.31. The van der Waals surface area contributed by atoms with Crippen molar-refractivity contribution in [3.63, 3.8) is 0 Å². The molecule has 0 spiro atoms. The van der Waals surface area contributed by atoms with Gasteiger partial charge in [0.15, 0.2) is 0 Å². The second kappa shape index (κ2) is 8.04. The molecule has 3 nitrogen and oxygen atoms in total. The van der Waals surface area contributed by atoms with Crippen LogP contribution in [-0.2, 0) is 0 Å². The van der Waals surface area contributed by atoms with Gasteiger partial charge in [-0.05, 0) is 40.6 Å². The number of hydrogen-bond donors (Lipinski definition) is 0. The van der Waals surface area contributed by atoms with Gasteiger partial charge in [-0.1, -0.05) is 66.7 Å². The fourth-order valence-corrected chi connectivity index (χ4v) is 3.89. The maximum Gasteiger partial charge on any atom is 0.146 e. The van der Waals surface area contributed by atoms with Gasteiger partial charge < -0.3 is 13.9 Å². The van der Waals surface area contributed by atoms with E-state index in [-0.39, 0.29) is 0 Å². The van der Waals surface area contributed by atoms with Gasteiger partial charge in [0.1, 0.15) is 23.0 Å². The molecule has 0 fully saturated rings. The van der Waals surface area contributed by atoms with Crippen molar-refractivity contribution in [2.75, 3.05) is 14.2 Å². The van der Waals surface area contributed by atoms with Crippen LogP contribution in [0.25, 0.3) is 44.5 Å². The molecule has 31 heavy (non-hydrogen) atoms. The zero-order chi connectivity index (χ0) is 21.2. The second-order valence-electron chi connectivity index (χ2n) is 7.35. The third-order valence-corrected chi connectivity index (χ3v) is 5.50. The fraction of sp³-hybridized carbons (Fsp3) is 0.0714. The molecular formula is C28H22O3. The van der Waals surface area contributed by atoms with Crippen LogP contribution in [0.2, 0.25) is 0 Å². The molecule has 0 bridgehead atoms.